The number of rotatable bonds is 5. The number of aryl methyl sites for hydroxylation is 1. The van der Waals surface area contributed by atoms with Gasteiger partial charge in [-0.1, -0.05) is 25.1 Å². The number of aromatic nitrogens is 3. The Bertz CT molecular complexity index is 1160. The highest BCUT2D eigenvalue weighted by molar-refractivity contribution is 5.94. The van der Waals surface area contributed by atoms with Crippen LogP contribution in [0.15, 0.2) is 58.6 Å². The van der Waals surface area contributed by atoms with E-state index < -0.39 is 11.5 Å². The summed E-state index contributed by atoms with van der Waals surface area (Å²) in [7, 11) is 0. The third kappa shape index (κ3) is 4.25. The first-order valence-electron chi connectivity index (χ1n) is 8.93. The first-order chi connectivity index (χ1) is 14.0. The summed E-state index contributed by atoms with van der Waals surface area (Å²) in [5.41, 5.74) is 3.91. The van der Waals surface area contributed by atoms with E-state index in [4.69, 9.17) is 0 Å². The molecule has 29 heavy (non-hydrogen) atoms. The van der Waals surface area contributed by atoms with Crippen LogP contribution in [0.5, 0.6) is 0 Å². The third-order valence-corrected chi connectivity index (χ3v) is 4.30. The second-order valence-corrected chi connectivity index (χ2v) is 6.15. The number of hydrogen-bond acceptors (Lipinski definition) is 6. The van der Waals surface area contributed by atoms with Gasteiger partial charge in [0, 0.05) is 11.8 Å². The molecule has 2 heterocycles. The number of carbonyl (C=O) groups is 1. The van der Waals surface area contributed by atoms with E-state index in [-0.39, 0.29) is 16.8 Å². The number of nitrogens with zero attached hydrogens (tertiary/aromatic N) is 5. The summed E-state index contributed by atoms with van der Waals surface area (Å²) >= 11 is 0. The zero-order valence-electron chi connectivity index (χ0n) is 16.0. The summed E-state index contributed by atoms with van der Waals surface area (Å²) in [6.45, 7) is 3.53. The van der Waals surface area contributed by atoms with Crippen LogP contribution >= 0.6 is 0 Å². The molecule has 0 saturated heterocycles. The molecule has 3 aromatic rings. The zero-order chi connectivity index (χ0) is 20.8. The van der Waals surface area contributed by atoms with Gasteiger partial charge in [-0.2, -0.15) is 20.1 Å². The van der Waals surface area contributed by atoms with Crippen LogP contribution in [-0.2, 0) is 6.42 Å². The van der Waals surface area contributed by atoms with Crippen molar-refractivity contribution in [3.8, 4) is 11.8 Å². The van der Waals surface area contributed by atoms with Crippen LogP contribution in [0.3, 0.4) is 0 Å². The highest BCUT2D eigenvalue weighted by atomic mass is 16.2. The minimum Gasteiger partial charge on any atom is -0.266 e. The molecule has 8 nitrogen and oxygen atoms in total. The van der Waals surface area contributed by atoms with Gasteiger partial charge in [0.25, 0.3) is 11.5 Å². The van der Waals surface area contributed by atoms with Gasteiger partial charge >= 0.3 is 0 Å². The van der Waals surface area contributed by atoms with Crippen molar-refractivity contribution in [1.82, 2.24) is 20.2 Å². The van der Waals surface area contributed by atoms with Crippen molar-refractivity contribution in [1.29, 1.82) is 5.26 Å². The van der Waals surface area contributed by atoms with Crippen LogP contribution in [0, 0.1) is 18.3 Å². The monoisotopic (exact) mass is 386 g/mol. The third-order valence-electron chi connectivity index (χ3n) is 4.30. The van der Waals surface area contributed by atoms with E-state index in [1.165, 1.54) is 13.1 Å². The normalized spacial score (nSPS) is 10.7. The molecule has 8 heteroatoms. The van der Waals surface area contributed by atoms with E-state index in [1.54, 1.807) is 36.5 Å². The Morgan fingerprint density at radius 2 is 2.03 bits per heavy atom. The van der Waals surface area contributed by atoms with E-state index in [0.29, 0.717) is 11.4 Å². The van der Waals surface area contributed by atoms with Crippen LogP contribution in [0.2, 0.25) is 0 Å². The molecular formula is C21H18N6O2. The van der Waals surface area contributed by atoms with Gasteiger partial charge in [0.15, 0.2) is 5.69 Å². The number of hydrogen-bond donors (Lipinski definition) is 1. The first-order valence-corrected chi connectivity index (χ1v) is 8.93. The average molecular weight is 386 g/mol. The molecule has 1 amide bonds. The summed E-state index contributed by atoms with van der Waals surface area (Å²) in [6, 6.07) is 14.3. The molecule has 3 rings (SSSR count). The zero-order valence-corrected chi connectivity index (χ0v) is 16.0. The molecule has 0 aliphatic heterocycles. The largest absolute Gasteiger partial charge is 0.292 e. The molecule has 0 radical (unpaired) electrons. The van der Waals surface area contributed by atoms with E-state index in [9.17, 15) is 14.9 Å². The van der Waals surface area contributed by atoms with Crippen LogP contribution < -0.4 is 11.0 Å². The van der Waals surface area contributed by atoms with Crippen LogP contribution in [-0.4, -0.2) is 26.9 Å². The smallest absolute Gasteiger partial charge is 0.266 e. The Morgan fingerprint density at radius 1 is 1.28 bits per heavy atom. The molecule has 0 bridgehead atoms. The Labute approximate surface area is 167 Å². The maximum atomic E-state index is 12.7. The first kappa shape index (κ1) is 19.6. The second-order valence-electron chi connectivity index (χ2n) is 6.15. The summed E-state index contributed by atoms with van der Waals surface area (Å²) in [5, 5.41) is 17.5. The maximum absolute atomic E-state index is 12.7. The minimum atomic E-state index is -0.634. The summed E-state index contributed by atoms with van der Waals surface area (Å²) in [5.74, 6) is -0.634. The van der Waals surface area contributed by atoms with Crippen molar-refractivity contribution in [3.05, 3.63) is 87.1 Å². The Hall–Kier alpha value is -4.12. The van der Waals surface area contributed by atoms with Gasteiger partial charge in [-0.15, -0.1) is 0 Å². The van der Waals surface area contributed by atoms with E-state index in [1.807, 2.05) is 25.1 Å². The number of amides is 1. The summed E-state index contributed by atoms with van der Waals surface area (Å²) in [6.07, 6.45) is 3.84. The lowest BCUT2D eigenvalue weighted by Gasteiger charge is -2.11. The van der Waals surface area contributed by atoms with Gasteiger partial charge in [0.2, 0.25) is 0 Å². The lowest BCUT2D eigenvalue weighted by atomic mass is 10.1. The number of carbonyl (C=O) groups excluding carboxylic acids is 1. The molecular weight excluding hydrogens is 368 g/mol. The van der Waals surface area contributed by atoms with Crippen molar-refractivity contribution >= 4 is 12.1 Å². The highest BCUT2D eigenvalue weighted by Gasteiger charge is 2.20. The van der Waals surface area contributed by atoms with Crippen molar-refractivity contribution in [2.45, 2.75) is 20.3 Å². The minimum absolute atomic E-state index is 0.0566. The van der Waals surface area contributed by atoms with E-state index >= 15 is 0 Å². The molecule has 2 aromatic heterocycles. The molecule has 0 aliphatic carbocycles. The molecule has 0 spiro atoms. The fourth-order valence-electron chi connectivity index (χ4n) is 2.66. The van der Waals surface area contributed by atoms with Gasteiger partial charge in [0.1, 0.15) is 11.6 Å². The molecule has 0 unspecified atom stereocenters. The Morgan fingerprint density at radius 3 is 2.66 bits per heavy atom. The van der Waals surface area contributed by atoms with Crippen molar-refractivity contribution in [2.24, 2.45) is 5.10 Å². The molecule has 144 valence electrons. The molecule has 1 aromatic carbocycles. The lowest BCUT2D eigenvalue weighted by molar-refractivity contribution is 0.0947. The van der Waals surface area contributed by atoms with E-state index in [2.05, 4.69) is 20.6 Å². The topological polar surface area (TPSA) is 113 Å². The SMILES string of the molecule is CCc1ccc(-n2nc(C(=O)N/N=C\c3ccccn3)c(C)c(C#N)c2=O)cc1. The summed E-state index contributed by atoms with van der Waals surface area (Å²) in [4.78, 5) is 29.3. The fraction of sp³-hybridized carbons (Fsp3) is 0.143. The number of hydrazone groups is 1. The van der Waals surface area contributed by atoms with Crippen molar-refractivity contribution in [2.75, 3.05) is 0 Å². The van der Waals surface area contributed by atoms with Crippen molar-refractivity contribution in [3.63, 3.8) is 0 Å². The molecule has 1 N–H and O–H groups in total. The highest BCUT2D eigenvalue weighted by Crippen LogP contribution is 2.12. The Balaban J connectivity index is 1.97. The molecule has 0 aliphatic rings. The number of benzene rings is 1. The second kappa shape index (κ2) is 8.71. The molecule has 0 fully saturated rings. The predicted molar refractivity (Wildman–Crippen MR) is 108 cm³/mol. The molecule has 0 saturated carbocycles. The average Bonchev–Trinajstić information content (AvgIpc) is 2.75. The number of nitrogens with one attached hydrogen (secondary N) is 1. The predicted octanol–water partition coefficient (Wildman–Crippen LogP) is 2.13. The quantitative estimate of drug-likeness (QED) is 0.533. The number of pyridine rings is 1. The van der Waals surface area contributed by atoms with Gasteiger partial charge in [-0.3, -0.25) is 14.6 Å². The summed E-state index contributed by atoms with van der Waals surface area (Å²) < 4.78 is 1.06. The standard InChI is InChI=1S/C21H18N6O2/c1-3-15-7-9-17(10-8-15)27-21(29)18(12-22)14(2)19(26-27)20(28)25-24-13-16-6-4-5-11-23-16/h4-11,13H,3H2,1-2H3,(H,25,28)/b24-13-. The maximum Gasteiger partial charge on any atom is 0.292 e. The van der Waals surface area contributed by atoms with Gasteiger partial charge < -0.3 is 0 Å². The van der Waals surface area contributed by atoms with Gasteiger partial charge in [-0.05, 0) is 43.2 Å². The Kier molecular flexibility index (Phi) is 5.90. The number of nitriles is 1. The van der Waals surface area contributed by atoms with Gasteiger partial charge in [-0.25, -0.2) is 5.43 Å². The fourth-order valence-corrected chi connectivity index (χ4v) is 2.66. The van der Waals surface area contributed by atoms with Crippen molar-refractivity contribution < 1.29 is 4.79 Å². The van der Waals surface area contributed by atoms with Crippen LogP contribution in [0.25, 0.3) is 5.69 Å². The van der Waals surface area contributed by atoms with Gasteiger partial charge in [0.05, 0.1) is 17.6 Å². The molecule has 0 atom stereocenters. The van der Waals surface area contributed by atoms with E-state index in [0.717, 1.165) is 16.7 Å². The lowest BCUT2D eigenvalue weighted by Crippen LogP contribution is -2.31. The van der Waals surface area contributed by atoms with Crippen LogP contribution in [0.1, 0.15) is 39.8 Å². The van der Waals surface area contributed by atoms with Crippen LogP contribution in [0.4, 0.5) is 0 Å².